The summed E-state index contributed by atoms with van der Waals surface area (Å²) in [5, 5.41) is 3.75. The van der Waals surface area contributed by atoms with Gasteiger partial charge in [0.05, 0.1) is 16.6 Å². The van der Waals surface area contributed by atoms with Gasteiger partial charge < -0.3 is 15.2 Å². The van der Waals surface area contributed by atoms with Gasteiger partial charge in [0.15, 0.2) is 5.82 Å². The second-order valence-electron chi connectivity index (χ2n) is 4.43. The first kappa shape index (κ1) is 13.9. The minimum atomic E-state index is -0.531. The molecular weight excluding hydrogens is 271 g/mol. The zero-order valence-corrected chi connectivity index (χ0v) is 11.4. The number of rotatable bonds is 4. The molecule has 0 aliphatic carbocycles. The maximum Gasteiger partial charge on any atom is 0.259 e. The summed E-state index contributed by atoms with van der Waals surface area (Å²) in [4.78, 5) is 6.07. The third-order valence-electron chi connectivity index (χ3n) is 2.52. The summed E-state index contributed by atoms with van der Waals surface area (Å²) in [5.41, 5.74) is 6.28. The Morgan fingerprint density at radius 3 is 2.89 bits per heavy atom. The Bertz CT molecular complexity index is 573. The van der Waals surface area contributed by atoms with Crippen LogP contribution in [0.2, 0.25) is 5.02 Å². The normalized spacial score (nSPS) is 12.9. The smallest absolute Gasteiger partial charge is 0.259 e. The highest BCUT2D eigenvalue weighted by molar-refractivity contribution is 6.33. The lowest BCUT2D eigenvalue weighted by Gasteiger charge is -2.12. The van der Waals surface area contributed by atoms with Gasteiger partial charge in [0.25, 0.3) is 5.89 Å². The first-order valence-corrected chi connectivity index (χ1v) is 6.05. The molecule has 0 aliphatic heterocycles. The monoisotopic (exact) mass is 284 g/mol. The zero-order valence-electron chi connectivity index (χ0n) is 10.6. The van der Waals surface area contributed by atoms with E-state index >= 15 is 0 Å². The van der Waals surface area contributed by atoms with Gasteiger partial charge >= 0.3 is 0 Å². The molecule has 102 valence electrons. The maximum absolute atomic E-state index is 13.3. The predicted molar refractivity (Wildman–Crippen MR) is 70.2 cm³/mol. The summed E-state index contributed by atoms with van der Waals surface area (Å²) in [6.45, 7) is 0.579. The topological polar surface area (TPSA) is 68.2 Å². The fourth-order valence-electron chi connectivity index (χ4n) is 1.64. The van der Waals surface area contributed by atoms with Crippen LogP contribution in [0.25, 0.3) is 11.5 Å². The number of hydrogen-bond donors (Lipinski definition) is 1. The van der Waals surface area contributed by atoms with E-state index in [0.29, 0.717) is 17.9 Å². The third-order valence-corrected chi connectivity index (χ3v) is 2.90. The molecule has 0 saturated carbocycles. The SMILES string of the molecule is CN(C)CC(N)c1noc(-c2cccc(F)c2Cl)n1. The van der Waals surface area contributed by atoms with Crippen molar-refractivity contribution in [3.63, 3.8) is 0 Å². The van der Waals surface area contributed by atoms with Crippen molar-refractivity contribution >= 4 is 11.6 Å². The van der Waals surface area contributed by atoms with Crippen molar-refractivity contribution in [3.8, 4) is 11.5 Å². The van der Waals surface area contributed by atoms with Crippen molar-refractivity contribution in [1.82, 2.24) is 15.0 Å². The molecule has 1 atom stereocenters. The van der Waals surface area contributed by atoms with Crippen LogP contribution in [0, 0.1) is 5.82 Å². The highest BCUT2D eigenvalue weighted by atomic mass is 35.5. The molecule has 19 heavy (non-hydrogen) atoms. The van der Waals surface area contributed by atoms with Gasteiger partial charge in [-0.05, 0) is 26.2 Å². The van der Waals surface area contributed by atoms with Gasteiger partial charge in [-0.3, -0.25) is 0 Å². The van der Waals surface area contributed by atoms with Crippen LogP contribution in [0.4, 0.5) is 4.39 Å². The van der Waals surface area contributed by atoms with E-state index in [1.807, 2.05) is 19.0 Å². The Kier molecular flexibility index (Phi) is 4.14. The third kappa shape index (κ3) is 3.09. The highest BCUT2D eigenvalue weighted by Crippen LogP contribution is 2.29. The number of hydrogen-bond acceptors (Lipinski definition) is 5. The number of halogens is 2. The van der Waals surface area contributed by atoms with Gasteiger partial charge in [0.2, 0.25) is 0 Å². The molecule has 1 aromatic carbocycles. The Hall–Kier alpha value is -1.50. The van der Waals surface area contributed by atoms with Crippen molar-refractivity contribution in [1.29, 1.82) is 0 Å². The summed E-state index contributed by atoms with van der Waals surface area (Å²) in [7, 11) is 3.79. The average molecular weight is 285 g/mol. The summed E-state index contributed by atoms with van der Waals surface area (Å²) in [6.07, 6.45) is 0. The largest absolute Gasteiger partial charge is 0.334 e. The second-order valence-corrected chi connectivity index (χ2v) is 4.81. The van der Waals surface area contributed by atoms with E-state index in [1.54, 1.807) is 6.07 Å². The van der Waals surface area contributed by atoms with Crippen LogP contribution in [0.1, 0.15) is 11.9 Å². The molecule has 5 nitrogen and oxygen atoms in total. The van der Waals surface area contributed by atoms with Crippen molar-refractivity contribution in [2.75, 3.05) is 20.6 Å². The number of benzene rings is 1. The first-order valence-electron chi connectivity index (χ1n) is 5.67. The van der Waals surface area contributed by atoms with E-state index in [-0.39, 0.29) is 17.0 Å². The number of nitrogens with two attached hydrogens (primary N) is 1. The van der Waals surface area contributed by atoms with Crippen LogP contribution >= 0.6 is 11.6 Å². The van der Waals surface area contributed by atoms with Gasteiger partial charge in [-0.25, -0.2) is 4.39 Å². The Morgan fingerprint density at radius 2 is 2.21 bits per heavy atom. The molecular formula is C12H14ClFN4O. The number of likely N-dealkylation sites (N-methyl/N-ethyl adjacent to an activating group) is 1. The summed E-state index contributed by atoms with van der Waals surface area (Å²) >= 11 is 5.86. The summed E-state index contributed by atoms with van der Waals surface area (Å²) in [6, 6.07) is 4.03. The van der Waals surface area contributed by atoms with Crippen LogP contribution in [0.5, 0.6) is 0 Å². The van der Waals surface area contributed by atoms with E-state index in [9.17, 15) is 4.39 Å². The molecule has 2 rings (SSSR count). The van der Waals surface area contributed by atoms with Crippen molar-refractivity contribution < 1.29 is 8.91 Å². The lowest BCUT2D eigenvalue weighted by molar-refractivity contribution is 0.357. The van der Waals surface area contributed by atoms with Gasteiger partial charge in [-0.2, -0.15) is 4.98 Å². The molecule has 0 fully saturated rings. The minimum Gasteiger partial charge on any atom is -0.334 e. The molecule has 0 aliphatic rings. The van der Waals surface area contributed by atoms with Crippen LogP contribution in [-0.2, 0) is 0 Å². The van der Waals surface area contributed by atoms with E-state index in [0.717, 1.165) is 0 Å². The van der Waals surface area contributed by atoms with E-state index in [1.165, 1.54) is 12.1 Å². The van der Waals surface area contributed by atoms with Crippen molar-refractivity contribution in [2.45, 2.75) is 6.04 Å². The van der Waals surface area contributed by atoms with Crippen molar-refractivity contribution in [2.24, 2.45) is 5.73 Å². The molecule has 2 N–H and O–H groups in total. The second kappa shape index (κ2) is 5.64. The first-order chi connectivity index (χ1) is 8.99. The van der Waals surface area contributed by atoms with Crippen LogP contribution in [0.15, 0.2) is 22.7 Å². The van der Waals surface area contributed by atoms with E-state index in [2.05, 4.69) is 10.1 Å². The summed E-state index contributed by atoms with van der Waals surface area (Å²) < 4.78 is 18.4. The molecule has 2 aromatic rings. The molecule has 1 unspecified atom stereocenters. The fraction of sp³-hybridized carbons (Fsp3) is 0.333. The van der Waals surface area contributed by atoms with E-state index < -0.39 is 5.82 Å². The Labute approximate surface area is 115 Å². The number of nitrogens with zero attached hydrogens (tertiary/aromatic N) is 3. The standard InChI is InChI=1S/C12H14ClFN4O/c1-18(2)6-9(15)11-16-12(19-17-11)7-4-3-5-8(14)10(7)13/h3-5,9H,6,15H2,1-2H3. The van der Waals surface area contributed by atoms with Crippen LogP contribution in [0.3, 0.4) is 0 Å². The van der Waals surface area contributed by atoms with Crippen molar-refractivity contribution in [3.05, 3.63) is 34.9 Å². The molecule has 1 heterocycles. The van der Waals surface area contributed by atoms with Gasteiger partial charge in [0, 0.05) is 6.54 Å². The minimum absolute atomic E-state index is 0.0427. The predicted octanol–water partition coefficient (Wildman–Crippen LogP) is 2.09. The fourth-order valence-corrected chi connectivity index (χ4v) is 1.85. The molecule has 0 radical (unpaired) electrons. The van der Waals surface area contributed by atoms with E-state index in [4.69, 9.17) is 21.9 Å². The molecule has 0 bridgehead atoms. The van der Waals surface area contributed by atoms with Crippen LogP contribution < -0.4 is 5.73 Å². The lowest BCUT2D eigenvalue weighted by atomic mass is 10.2. The molecule has 0 amide bonds. The zero-order chi connectivity index (χ0) is 14.0. The van der Waals surface area contributed by atoms with Gasteiger partial charge in [-0.15, -0.1) is 0 Å². The molecule has 0 spiro atoms. The Morgan fingerprint density at radius 1 is 1.47 bits per heavy atom. The Balaban J connectivity index is 2.28. The quantitative estimate of drug-likeness (QED) is 0.931. The molecule has 0 saturated heterocycles. The maximum atomic E-state index is 13.3. The van der Waals surface area contributed by atoms with Gasteiger partial charge in [-0.1, -0.05) is 22.8 Å². The van der Waals surface area contributed by atoms with Gasteiger partial charge in [0.1, 0.15) is 5.82 Å². The molecule has 7 heteroatoms. The average Bonchev–Trinajstić information content (AvgIpc) is 2.81. The molecule has 1 aromatic heterocycles. The summed E-state index contributed by atoms with van der Waals surface area (Å²) in [5.74, 6) is -0.00533. The highest BCUT2D eigenvalue weighted by Gasteiger charge is 2.18. The van der Waals surface area contributed by atoms with Crippen LogP contribution in [-0.4, -0.2) is 35.7 Å². The number of aromatic nitrogens is 2. The lowest BCUT2D eigenvalue weighted by Crippen LogP contribution is -2.26.